The molecule has 0 bridgehead atoms. The Morgan fingerprint density at radius 2 is 1.88 bits per heavy atom. The van der Waals surface area contributed by atoms with Crippen molar-refractivity contribution in [3.8, 4) is 0 Å². The molecule has 1 aliphatic rings. The molecule has 1 aliphatic heterocycles. The highest BCUT2D eigenvalue weighted by atomic mass is 35.5. The SMILES string of the molecule is Cc1cccc(C(=O)N2CCNCC2)c1C.Cl. The molecule has 0 spiro atoms. The van der Waals surface area contributed by atoms with Gasteiger partial charge in [0.1, 0.15) is 0 Å². The number of hydrogen-bond donors (Lipinski definition) is 1. The van der Waals surface area contributed by atoms with Crippen molar-refractivity contribution in [2.24, 2.45) is 0 Å². The van der Waals surface area contributed by atoms with E-state index in [0.29, 0.717) is 0 Å². The van der Waals surface area contributed by atoms with Gasteiger partial charge in [0.25, 0.3) is 5.91 Å². The first kappa shape index (κ1) is 14.0. The monoisotopic (exact) mass is 254 g/mol. The third-order valence-electron chi connectivity index (χ3n) is 3.24. The van der Waals surface area contributed by atoms with Crippen molar-refractivity contribution in [1.82, 2.24) is 10.2 Å². The van der Waals surface area contributed by atoms with Gasteiger partial charge in [0.05, 0.1) is 0 Å². The molecule has 1 saturated heterocycles. The average Bonchev–Trinajstić information content (AvgIpc) is 2.33. The Hall–Kier alpha value is -1.06. The van der Waals surface area contributed by atoms with E-state index in [9.17, 15) is 4.79 Å². The van der Waals surface area contributed by atoms with Crippen molar-refractivity contribution in [3.63, 3.8) is 0 Å². The Kier molecular flexibility index (Phi) is 4.97. The van der Waals surface area contributed by atoms with E-state index in [-0.39, 0.29) is 18.3 Å². The maximum absolute atomic E-state index is 12.3. The summed E-state index contributed by atoms with van der Waals surface area (Å²) in [6.07, 6.45) is 0. The standard InChI is InChI=1S/C13H18N2O.ClH/c1-10-4-3-5-12(11(10)2)13(16)15-8-6-14-7-9-15;/h3-5,14H,6-9H2,1-2H3;1H. The topological polar surface area (TPSA) is 32.3 Å². The number of aryl methyl sites for hydroxylation is 1. The molecular formula is C13H19ClN2O. The third-order valence-corrected chi connectivity index (χ3v) is 3.24. The fraction of sp³-hybridized carbons (Fsp3) is 0.462. The Morgan fingerprint density at radius 3 is 2.53 bits per heavy atom. The van der Waals surface area contributed by atoms with E-state index in [1.165, 1.54) is 5.56 Å². The number of nitrogens with zero attached hydrogens (tertiary/aromatic N) is 1. The highest BCUT2D eigenvalue weighted by Crippen LogP contribution is 2.15. The van der Waals surface area contributed by atoms with Crippen LogP contribution in [0.2, 0.25) is 0 Å². The van der Waals surface area contributed by atoms with E-state index in [2.05, 4.69) is 5.32 Å². The smallest absolute Gasteiger partial charge is 0.254 e. The normalized spacial score (nSPS) is 15.3. The van der Waals surface area contributed by atoms with E-state index in [0.717, 1.165) is 37.3 Å². The fourth-order valence-corrected chi connectivity index (χ4v) is 2.02. The summed E-state index contributed by atoms with van der Waals surface area (Å²) in [5.74, 6) is 0.169. The van der Waals surface area contributed by atoms with Gasteiger partial charge >= 0.3 is 0 Å². The van der Waals surface area contributed by atoms with Gasteiger partial charge in [-0.1, -0.05) is 12.1 Å². The zero-order valence-corrected chi connectivity index (χ0v) is 11.1. The summed E-state index contributed by atoms with van der Waals surface area (Å²) in [5, 5.41) is 3.25. The molecule has 0 aromatic heterocycles. The second-order valence-corrected chi connectivity index (χ2v) is 4.29. The first-order valence-electron chi connectivity index (χ1n) is 5.76. The molecule has 1 amide bonds. The molecule has 1 N–H and O–H groups in total. The molecular weight excluding hydrogens is 236 g/mol. The lowest BCUT2D eigenvalue weighted by Crippen LogP contribution is -2.46. The molecule has 4 heteroatoms. The second kappa shape index (κ2) is 6.03. The lowest BCUT2D eigenvalue weighted by Gasteiger charge is -2.28. The molecule has 0 atom stereocenters. The molecule has 3 nitrogen and oxygen atoms in total. The number of amides is 1. The molecule has 1 fully saturated rings. The third kappa shape index (κ3) is 2.99. The van der Waals surface area contributed by atoms with Gasteiger partial charge in [0.15, 0.2) is 0 Å². The van der Waals surface area contributed by atoms with Gasteiger partial charge < -0.3 is 10.2 Å². The highest BCUT2D eigenvalue weighted by Gasteiger charge is 2.19. The van der Waals surface area contributed by atoms with Crippen molar-refractivity contribution in [3.05, 3.63) is 34.9 Å². The van der Waals surface area contributed by atoms with E-state index in [1.54, 1.807) is 0 Å². The van der Waals surface area contributed by atoms with Crippen molar-refractivity contribution in [1.29, 1.82) is 0 Å². The average molecular weight is 255 g/mol. The highest BCUT2D eigenvalue weighted by molar-refractivity contribution is 5.96. The van der Waals surface area contributed by atoms with Gasteiger partial charge in [-0.05, 0) is 31.0 Å². The number of carbonyl (C=O) groups excluding carboxylic acids is 1. The van der Waals surface area contributed by atoms with Crippen LogP contribution in [0.1, 0.15) is 21.5 Å². The molecule has 0 radical (unpaired) electrons. The Labute approximate surface area is 109 Å². The molecule has 1 aromatic rings. The number of rotatable bonds is 1. The first-order chi connectivity index (χ1) is 7.70. The predicted molar refractivity (Wildman–Crippen MR) is 71.9 cm³/mol. The van der Waals surface area contributed by atoms with E-state index >= 15 is 0 Å². The van der Waals surface area contributed by atoms with Crippen LogP contribution in [0.15, 0.2) is 18.2 Å². The van der Waals surface area contributed by atoms with Gasteiger partial charge in [-0.2, -0.15) is 0 Å². The Bertz CT molecular complexity index is 400. The molecule has 2 rings (SSSR count). The summed E-state index contributed by atoms with van der Waals surface area (Å²) in [6, 6.07) is 5.92. The van der Waals surface area contributed by atoms with Crippen molar-refractivity contribution < 1.29 is 4.79 Å². The van der Waals surface area contributed by atoms with Crippen LogP contribution in [-0.2, 0) is 0 Å². The molecule has 1 aromatic carbocycles. The summed E-state index contributed by atoms with van der Waals surface area (Å²) in [5.41, 5.74) is 3.13. The molecule has 0 aliphatic carbocycles. The van der Waals surface area contributed by atoms with Crippen molar-refractivity contribution in [2.75, 3.05) is 26.2 Å². The first-order valence-corrected chi connectivity index (χ1v) is 5.76. The van der Waals surface area contributed by atoms with E-state index in [1.807, 2.05) is 36.9 Å². The second-order valence-electron chi connectivity index (χ2n) is 4.29. The molecule has 0 unspecified atom stereocenters. The largest absolute Gasteiger partial charge is 0.336 e. The molecule has 1 heterocycles. The lowest BCUT2D eigenvalue weighted by atomic mass is 10.0. The van der Waals surface area contributed by atoms with Gasteiger partial charge in [0.2, 0.25) is 0 Å². The van der Waals surface area contributed by atoms with Crippen LogP contribution in [0, 0.1) is 13.8 Å². The van der Waals surface area contributed by atoms with Gasteiger partial charge in [-0.25, -0.2) is 0 Å². The minimum absolute atomic E-state index is 0. The van der Waals surface area contributed by atoms with Gasteiger partial charge in [0, 0.05) is 31.7 Å². The number of carbonyl (C=O) groups is 1. The van der Waals surface area contributed by atoms with Crippen LogP contribution in [0.3, 0.4) is 0 Å². The predicted octanol–water partition coefficient (Wildman–Crippen LogP) is 1.77. The number of halogens is 1. The maximum atomic E-state index is 12.3. The number of benzene rings is 1. The summed E-state index contributed by atoms with van der Waals surface area (Å²) >= 11 is 0. The number of hydrogen-bond acceptors (Lipinski definition) is 2. The summed E-state index contributed by atoms with van der Waals surface area (Å²) in [4.78, 5) is 14.2. The minimum Gasteiger partial charge on any atom is -0.336 e. The molecule has 0 saturated carbocycles. The van der Waals surface area contributed by atoms with E-state index in [4.69, 9.17) is 0 Å². The number of nitrogens with one attached hydrogen (secondary N) is 1. The van der Waals surface area contributed by atoms with Crippen molar-refractivity contribution in [2.45, 2.75) is 13.8 Å². The van der Waals surface area contributed by atoms with Gasteiger partial charge in [-0.3, -0.25) is 4.79 Å². The zero-order chi connectivity index (χ0) is 11.5. The number of piperazine rings is 1. The molecule has 17 heavy (non-hydrogen) atoms. The Balaban J connectivity index is 0.00000144. The summed E-state index contributed by atoms with van der Waals surface area (Å²) < 4.78 is 0. The summed E-state index contributed by atoms with van der Waals surface area (Å²) in [6.45, 7) is 7.49. The van der Waals surface area contributed by atoms with Crippen LogP contribution < -0.4 is 5.32 Å². The minimum atomic E-state index is 0. The fourth-order valence-electron chi connectivity index (χ4n) is 2.02. The van der Waals surface area contributed by atoms with Gasteiger partial charge in [-0.15, -0.1) is 12.4 Å². The van der Waals surface area contributed by atoms with Crippen LogP contribution in [0.25, 0.3) is 0 Å². The quantitative estimate of drug-likeness (QED) is 0.829. The van der Waals surface area contributed by atoms with Crippen LogP contribution in [0.5, 0.6) is 0 Å². The molecule has 94 valence electrons. The van der Waals surface area contributed by atoms with Crippen LogP contribution in [0.4, 0.5) is 0 Å². The van der Waals surface area contributed by atoms with Crippen LogP contribution >= 0.6 is 12.4 Å². The lowest BCUT2D eigenvalue weighted by molar-refractivity contribution is 0.0735. The summed E-state index contributed by atoms with van der Waals surface area (Å²) in [7, 11) is 0. The van der Waals surface area contributed by atoms with Crippen LogP contribution in [-0.4, -0.2) is 37.0 Å². The maximum Gasteiger partial charge on any atom is 0.254 e. The zero-order valence-electron chi connectivity index (χ0n) is 10.3. The van der Waals surface area contributed by atoms with Crippen molar-refractivity contribution >= 4 is 18.3 Å². The van der Waals surface area contributed by atoms with E-state index < -0.39 is 0 Å². The Morgan fingerprint density at radius 1 is 1.24 bits per heavy atom.